The molecule has 0 spiro atoms. The van der Waals surface area contributed by atoms with Crippen LogP contribution < -0.4 is 4.90 Å². The number of halogens is 1. The van der Waals surface area contributed by atoms with Gasteiger partial charge in [0.15, 0.2) is 0 Å². The molecule has 0 amide bonds. The Labute approximate surface area is 105 Å². The van der Waals surface area contributed by atoms with Gasteiger partial charge in [-0.25, -0.2) is 0 Å². The van der Waals surface area contributed by atoms with Crippen LogP contribution in [0.5, 0.6) is 0 Å². The third-order valence-corrected chi connectivity index (χ3v) is 3.69. The Kier molecular flexibility index (Phi) is 3.55. The molecule has 2 atom stereocenters. The molecule has 1 heterocycles. The molecule has 2 rings (SSSR count). The molecule has 0 bridgehead atoms. The topological polar surface area (TPSA) is 23.5 Å². The van der Waals surface area contributed by atoms with Crippen molar-refractivity contribution in [2.45, 2.75) is 38.8 Å². The Balaban J connectivity index is 2.25. The second kappa shape index (κ2) is 4.76. The van der Waals surface area contributed by atoms with E-state index in [-0.39, 0.29) is 6.10 Å². The fourth-order valence-electron chi connectivity index (χ4n) is 2.59. The van der Waals surface area contributed by atoms with Crippen LogP contribution in [0, 0.1) is 0 Å². The van der Waals surface area contributed by atoms with Gasteiger partial charge in [0.25, 0.3) is 0 Å². The second-order valence-corrected chi connectivity index (χ2v) is 5.42. The van der Waals surface area contributed by atoms with Crippen LogP contribution in [0.4, 0.5) is 5.69 Å². The van der Waals surface area contributed by atoms with E-state index in [1.807, 2.05) is 6.92 Å². The number of benzene rings is 1. The van der Waals surface area contributed by atoms with Crippen molar-refractivity contribution in [2.75, 3.05) is 11.4 Å². The first-order chi connectivity index (χ1) is 7.61. The van der Waals surface area contributed by atoms with Gasteiger partial charge in [-0.1, -0.05) is 15.9 Å². The lowest BCUT2D eigenvalue weighted by molar-refractivity contribution is 0.174. The lowest BCUT2D eigenvalue weighted by Gasteiger charge is -2.27. The molecule has 2 nitrogen and oxygen atoms in total. The SMILES string of the molecule is CCN1c2ccc(Br)cc2CC1CC(C)O. The van der Waals surface area contributed by atoms with Crippen molar-refractivity contribution in [3.8, 4) is 0 Å². The monoisotopic (exact) mass is 283 g/mol. The number of rotatable bonds is 3. The number of aliphatic hydroxyl groups excluding tert-OH is 1. The Bertz CT molecular complexity index is 378. The van der Waals surface area contributed by atoms with Crippen molar-refractivity contribution in [1.82, 2.24) is 0 Å². The summed E-state index contributed by atoms with van der Waals surface area (Å²) in [6, 6.07) is 6.91. The van der Waals surface area contributed by atoms with Crippen LogP contribution in [0.15, 0.2) is 22.7 Å². The van der Waals surface area contributed by atoms with Gasteiger partial charge in [-0.05, 0) is 50.5 Å². The summed E-state index contributed by atoms with van der Waals surface area (Å²) in [5, 5.41) is 9.52. The van der Waals surface area contributed by atoms with Gasteiger partial charge in [0.1, 0.15) is 0 Å². The maximum absolute atomic E-state index is 9.52. The van der Waals surface area contributed by atoms with Gasteiger partial charge in [0, 0.05) is 22.7 Å². The van der Waals surface area contributed by atoms with E-state index in [1.54, 1.807) is 0 Å². The summed E-state index contributed by atoms with van der Waals surface area (Å²) >= 11 is 3.51. The number of aliphatic hydroxyl groups is 1. The summed E-state index contributed by atoms with van der Waals surface area (Å²) in [5.41, 5.74) is 2.72. The van der Waals surface area contributed by atoms with E-state index >= 15 is 0 Å². The van der Waals surface area contributed by atoms with E-state index in [0.717, 1.165) is 23.9 Å². The molecule has 0 saturated heterocycles. The molecule has 0 aliphatic carbocycles. The Morgan fingerprint density at radius 3 is 2.94 bits per heavy atom. The molecular formula is C13H18BrNO. The molecule has 1 aliphatic rings. The normalized spacial score (nSPS) is 21.0. The quantitative estimate of drug-likeness (QED) is 0.922. The molecule has 3 heteroatoms. The summed E-state index contributed by atoms with van der Waals surface area (Å²) < 4.78 is 1.14. The average molecular weight is 284 g/mol. The van der Waals surface area contributed by atoms with E-state index in [0.29, 0.717) is 6.04 Å². The van der Waals surface area contributed by atoms with Crippen molar-refractivity contribution < 1.29 is 5.11 Å². The molecule has 0 fully saturated rings. The zero-order chi connectivity index (χ0) is 11.7. The maximum Gasteiger partial charge on any atom is 0.0531 e. The third-order valence-electron chi connectivity index (χ3n) is 3.20. The number of likely N-dealkylation sites (N-methyl/N-ethyl adjacent to an activating group) is 1. The van der Waals surface area contributed by atoms with Crippen LogP contribution in [0.25, 0.3) is 0 Å². The van der Waals surface area contributed by atoms with Gasteiger partial charge < -0.3 is 10.0 Å². The van der Waals surface area contributed by atoms with E-state index in [1.165, 1.54) is 11.3 Å². The summed E-state index contributed by atoms with van der Waals surface area (Å²) in [6.45, 7) is 5.05. The summed E-state index contributed by atoms with van der Waals surface area (Å²) in [6.07, 6.45) is 1.67. The molecule has 1 aliphatic heterocycles. The predicted molar refractivity (Wildman–Crippen MR) is 71.0 cm³/mol. The first kappa shape index (κ1) is 11.9. The first-order valence-electron chi connectivity index (χ1n) is 5.85. The lowest BCUT2D eigenvalue weighted by Crippen LogP contribution is -2.34. The van der Waals surface area contributed by atoms with Gasteiger partial charge >= 0.3 is 0 Å². The highest BCUT2D eigenvalue weighted by Crippen LogP contribution is 2.35. The van der Waals surface area contributed by atoms with E-state index in [9.17, 15) is 5.11 Å². The maximum atomic E-state index is 9.52. The van der Waals surface area contributed by atoms with E-state index in [2.05, 4.69) is 46.0 Å². The van der Waals surface area contributed by atoms with Crippen molar-refractivity contribution in [2.24, 2.45) is 0 Å². The smallest absolute Gasteiger partial charge is 0.0531 e. The largest absolute Gasteiger partial charge is 0.393 e. The summed E-state index contributed by atoms with van der Waals surface area (Å²) in [7, 11) is 0. The number of hydrogen-bond acceptors (Lipinski definition) is 2. The molecule has 16 heavy (non-hydrogen) atoms. The highest BCUT2D eigenvalue weighted by Gasteiger charge is 2.28. The molecular weight excluding hydrogens is 266 g/mol. The molecule has 1 N–H and O–H groups in total. The van der Waals surface area contributed by atoms with Crippen LogP contribution in [0.1, 0.15) is 25.8 Å². The zero-order valence-corrected chi connectivity index (χ0v) is 11.4. The van der Waals surface area contributed by atoms with Crippen LogP contribution >= 0.6 is 15.9 Å². The minimum atomic E-state index is -0.225. The number of fused-ring (bicyclic) bond motifs is 1. The van der Waals surface area contributed by atoms with Crippen molar-refractivity contribution in [3.63, 3.8) is 0 Å². The van der Waals surface area contributed by atoms with E-state index in [4.69, 9.17) is 0 Å². The average Bonchev–Trinajstić information content (AvgIpc) is 2.52. The highest BCUT2D eigenvalue weighted by molar-refractivity contribution is 9.10. The van der Waals surface area contributed by atoms with E-state index < -0.39 is 0 Å². The molecule has 88 valence electrons. The van der Waals surface area contributed by atoms with Gasteiger partial charge in [0.05, 0.1) is 6.10 Å². The van der Waals surface area contributed by atoms with Gasteiger partial charge in [-0.15, -0.1) is 0 Å². The fourth-order valence-corrected chi connectivity index (χ4v) is 3.00. The molecule has 0 radical (unpaired) electrons. The predicted octanol–water partition coefficient (Wildman–Crippen LogP) is 2.97. The van der Waals surface area contributed by atoms with Crippen molar-refractivity contribution in [1.29, 1.82) is 0 Å². The Morgan fingerprint density at radius 2 is 2.31 bits per heavy atom. The van der Waals surface area contributed by atoms with Gasteiger partial charge in [-0.2, -0.15) is 0 Å². The molecule has 2 unspecified atom stereocenters. The standard InChI is InChI=1S/C13H18BrNO/c1-3-15-12(6-9(2)16)8-10-7-11(14)4-5-13(10)15/h4-5,7,9,12,16H,3,6,8H2,1-2H3. The van der Waals surface area contributed by atoms with Crippen LogP contribution in [-0.4, -0.2) is 23.8 Å². The summed E-state index contributed by atoms with van der Waals surface area (Å²) in [4.78, 5) is 2.40. The van der Waals surface area contributed by atoms with Crippen LogP contribution in [0.2, 0.25) is 0 Å². The molecule has 1 aromatic carbocycles. The van der Waals surface area contributed by atoms with Crippen LogP contribution in [0.3, 0.4) is 0 Å². The lowest BCUT2D eigenvalue weighted by atomic mass is 10.1. The van der Waals surface area contributed by atoms with Gasteiger partial charge in [-0.3, -0.25) is 0 Å². The van der Waals surface area contributed by atoms with Crippen molar-refractivity contribution >= 4 is 21.6 Å². The third kappa shape index (κ3) is 2.25. The second-order valence-electron chi connectivity index (χ2n) is 4.50. The molecule has 0 aromatic heterocycles. The number of nitrogens with zero attached hydrogens (tertiary/aromatic N) is 1. The fraction of sp³-hybridized carbons (Fsp3) is 0.538. The van der Waals surface area contributed by atoms with Crippen molar-refractivity contribution in [3.05, 3.63) is 28.2 Å². The minimum absolute atomic E-state index is 0.225. The molecule has 1 aromatic rings. The Morgan fingerprint density at radius 1 is 1.56 bits per heavy atom. The zero-order valence-electron chi connectivity index (χ0n) is 9.78. The van der Waals surface area contributed by atoms with Gasteiger partial charge in [0.2, 0.25) is 0 Å². The Hall–Kier alpha value is -0.540. The minimum Gasteiger partial charge on any atom is -0.393 e. The summed E-state index contributed by atoms with van der Waals surface area (Å²) in [5.74, 6) is 0. The van der Waals surface area contributed by atoms with Crippen LogP contribution in [-0.2, 0) is 6.42 Å². The number of anilines is 1. The number of hydrogen-bond donors (Lipinski definition) is 1. The first-order valence-corrected chi connectivity index (χ1v) is 6.64. The molecule has 0 saturated carbocycles. The highest BCUT2D eigenvalue weighted by atomic mass is 79.9.